The Balaban J connectivity index is 2.83. The van der Waals surface area contributed by atoms with Gasteiger partial charge >= 0.3 is 0 Å². The molecule has 0 bridgehead atoms. The molecule has 14 heavy (non-hydrogen) atoms. The topological polar surface area (TPSA) is 29.3 Å². The van der Waals surface area contributed by atoms with Crippen LogP contribution in [0.4, 0.5) is 5.69 Å². The Labute approximate surface area is 86.7 Å². The fraction of sp³-hybridized carbons (Fsp3) is 0.500. The molecule has 2 N–H and O–H groups in total. The molecule has 0 aliphatic carbocycles. The maximum absolute atomic E-state index is 5.75. The second-order valence-electron chi connectivity index (χ2n) is 4.11. The Bertz CT molecular complexity index is 294. The first-order chi connectivity index (χ1) is 6.52. The molecule has 0 saturated heterocycles. The van der Waals surface area contributed by atoms with Crippen LogP contribution >= 0.6 is 0 Å². The fourth-order valence-electron chi connectivity index (χ4n) is 1.50. The summed E-state index contributed by atoms with van der Waals surface area (Å²) in [7, 11) is 2.14. The molecule has 78 valence electrons. The Morgan fingerprint density at radius 1 is 1.21 bits per heavy atom. The molecule has 0 aromatic heterocycles. The zero-order valence-corrected chi connectivity index (χ0v) is 9.49. The number of hydrogen-bond acceptors (Lipinski definition) is 2. The smallest absolute Gasteiger partial charge is 0.0320 e. The van der Waals surface area contributed by atoms with Gasteiger partial charge in [-0.1, -0.05) is 12.1 Å². The largest absolute Gasteiger partial charge is 0.399 e. The van der Waals surface area contributed by atoms with Crippen LogP contribution in [0.15, 0.2) is 24.3 Å². The lowest BCUT2D eigenvalue weighted by Gasteiger charge is -2.28. The summed E-state index contributed by atoms with van der Waals surface area (Å²) in [6.45, 7) is 6.60. The monoisotopic (exact) mass is 192 g/mol. The first kappa shape index (κ1) is 11.1. The number of nitrogens with two attached hydrogens (primary N) is 1. The van der Waals surface area contributed by atoms with Crippen LogP contribution in [0.1, 0.15) is 32.4 Å². The molecule has 2 nitrogen and oxygen atoms in total. The van der Waals surface area contributed by atoms with Crippen LogP contribution in [0.25, 0.3) is 0 Å². The van der Waals surface area contributed by atoms with Gasteiger partial charge in [0.1, 0.15) is 0 Å². The summed E-state index contributed by atoms with van der Waals surface area (Å²) >= 11 is 0. The van der Waals surface area contributed by atoms with E-state index < -0.39 is 0 Å². The predicted molar refractivity (Wildman–Crippen MR) is 62.2 cm³/mol. The molecule has 0 heterocycles. The van der Waals surface area contributed by atoms with Gasteiger partial charge in [-0.25, -0.2) is 0 Å². The van der Waals surface area contributed by atoms with Crippen molar-refractivity contribution in [1.82, 2.24) is 4.90 Å². The van der Waals surface area contributed by atoms with Gasteiger partial charge in [0, 0.05) is 17.8 Å². The van der Waals surface area contributed by atoms with Crippen molar-refractivity contribution in [3.8, 4) is 0 Å². The van der Waals surface area contributed by atoms with Gasteiger partial charge in [0.15, 0.2) is 0 Å². The summed E-state index contributed by atoms with van der Waals surface area (Å²) < 4.78 is 0. The minimum absolute atomic E-state index is 0.415. The van der Waals surface area contributed by atoms with Crippen molar-refractivity contribution in [3.63, 3.8) is 0 Å². The van der Waals surface area contributed by atoms with E-state index in [4.69, 9.17) is 5.73 Å². The molecule has 0 aliphatic rings. The lowest BCUT2D eigenvalue weighted by Crippen LogP contribution is -2.29. The van der Waals surface area contributed by atoms with Gasteiger partial charge in [0.2, 0.25) is 0 Å². The normalized spacial score (nSPS) is 13.6. The van der Waals surface area contributed by atoms with Gasteiger partial charge in [-0.3, -0.25) is 4.90 Å². The summed E-state index contributed by atoms with van der Waals surface area (Å²) in [4.78, 5) is 2.33. The number of nitrogen functional groups attached to an aromatic ring is 1. The van der Waals surface area contributed by atoms with Crippen LogP contribution in [-0.2, 0) is 0 Å². The summed E-state index contributed by atoms with van der Waals surface area (Å²) in [6, 6.07) is 9.06. The molecular weight excluding hydrogens is 172 g/mol. The number of nitrogens with zero attached hydrogens (tertiary/aromatic N) is 1. The van der Waals surface area contributed by atoms with E-state index in [0.717, 1.165) is 5.69 Å². The van der Waals surface area contributed by atoms with Gasteiger partial charge in [0.05, 0.1) is 0 Å². The SMILES string of the molecule is CC(C)N(C)C(C)c1cccc(N)c1. The average molecular weight is 192 g/mol. The average Bonchev–Trinajstić information content (AvgIpc) is 2.15. The van der Waals surface area contributed by atoms with Gasteiger partial charge in [-0.2, -0.15) is 0 Å². The molecule has 2 heteroatoms. The Hall–Kier alpha value is -1.02. The number of benzene rings is 1. The zero-order chi connectivity index (χ0) is 10.7. The molecule has 0 amide bonds. The van der Waals surface area contributed by atoms with Crippen molar-refractivity contribution in [2.45, 2.75) is 32.9 Å². The quantitative estimate of drug-likeness (QED) is 0.746. The molecule has 1 atom stereocenters. The van der Waals surface area contributed by atoms with Crippen LogP contribution in [0.5, 0.6) is 0 Å². The van der Waals surface area contributed by atoms with Crippen LogP contribution in [-0.4, -0.2) is 18.0 Å². The third-order valence-corrected chi connectivity index (χ3v) is 2.82. The van der Waals surface area contributed by atoms with E-state index in [9.17, 15) is 0 Å². The van der Waals surface area contributed by atoms with Crippen molar-refractivity contribution in [2.75, 3.05) is 12.8 Å². The molecule has 1 aromatic carbocycles. The van der Waals surface area contributed by atoms with Gasteiger partial charge < -0.3 is 5.73 Å². The fourth-order valence-corrected chi connectivity index (χ4v) is 1.50. The molecule has 0 radical (unpaired) electrons. The number of anilines is 1. The Morgan fingerprint density at radius 2 is 1.86 bits per heavy atom. The standard InChI is InChI=1S/C12H20N2/c1-9(2)14(4)10(3)11-6-5-7-12(13)8-11/h5-10H,13H2,1-4H3. The third kappa shape index (κ3) is 2.48. The second-order valence-corrected chi connectivity index (χ2v) is 4.11. The van der Waals surface area contributed by atoms with Crippen LogP contribution in [0.3, 0.4) is 0 Å². The van der Waals surface area contributed by atoms with E-state index in [1.165, 1.54) is 5.56 Å². The summed E-state index contributed by atoms with van der Waals surface area (Å²) in [5.41, 5.74) is 7.87. The Morgan fingerprint density at radius 3 is 2.36 bits per heavy atom. The highest BCUT2D eigenvalue weighted by atomic mass is 15.1. The van der Waals surface area contributed by atoms with E-state index in [1.807, 2.05) is 18.2 Å². The maximum atomic E-state index is 5.75. The molecule has 0 spiro atoms. The van der Waals surface area contributed by atoms with E-state index in [-0.39, 0.29) is 0 Å². The molecule has 1 rings (SSSR count). The van der Waals surface area contributed by atoms with E-state index >= 15 is 0 Å². The van der Waals surface area contributed by atoms with Crippen molar-refractivity contribution >= 4 is 5.69 Å². The first-order valence-electron chi connectivity index (χ1n) is 5.09. The number of rotatable bonds is 3. The zero-order valence-electron chi connectivity index (χ0n) is 9.49. The molecular formula is C12H20N2. The van der Waals surface area contributed by atoms with Crippen molar-refractivity contribution in [2.24, 2.45) is 0 Å². The van der Waals surface area contributed by atoms with Crippen LogP contribution in [0.2, 0.25) is 0 Å². The van der Waals surface area contributed by atoms with E-state index in [2.05, 4.69) is 38.8 Å². The number of hydrogen-bond donors (Lipinski definition) is 1. The highest BCUT2D eigenvalue weighted by Gasteiger charge is 2.13. The van der Waals surface area contributed by atoms with Crippen LogP contribution in [0, 0.1) is 0 Å². The summed E-state index contributed by atoms with van der Waals surface area (Å²) in [6.07, 6.45) is 0. The first-order valence-corrected chi connectivity index (χ1v) is 5.09. The predicted octanol–water partition coefficient (Wildman–Crippen LogP) is 2.67. The van der Waals surface area contributed by atoms with Crippen molar-refractivity contribution in [1.29, 1.82) is 0 Å². The lowest BCUT2D eigenvalue weighted by atomic mass is 10.1. The van der Waals surface area contributed by atoms with Crippen LogP contribution < -0.4 is 5.73 Å². The van der Waals surface area contributed by atoms with Crippen molar-refractivity contribution in [3.05, 3.63) is 29.8 Å². The molecule has 1 unspecified atom stereocenters. The molecule has 1 aromatic rings. The van der Waals surface area contributed by atoms with Gasteiger partial charge in [0.25, 0.3) is 0 Å². The second kappa shape index (κ2) is 4.47. The molecule has 0 saturated carbocycles. The van der Waals surface area contributed by atoms with Gasteiger partial charge in [-0.15, -0.1) is 0 Å². The summed E-state index contributed by atoms with van der Waals surface area (Å²) in [5, 5.41) is 0. The maximum Gasteiger partial charge on any atom is 0.0320 e. The third-order valence-electron chi connectivity index (χ3n) is 2.82. The van der Waals surface area contributed by atoms with Gasteiger partial charge in [-0.05, 0) is 45.5 Å². The highest BCUT2D eigenvalue weighted by molar-refractivity contribution is 5.41. The molecule has 0 aliphatic heterocycles. The van der Waals surface area contributed by atoms with Crippen molar-refractivity contribution < 1.29 is 0 Å². The van der Waals surface area contributed by atoms with E-state index in [0.29, 0.717) is 12.1 Å². The highest BCUT2D eigenvalue weighted by Crippen LogP contribution is 2.21. The Kier molecular flexibility index (Phi) is 3.53. The van der Waals surface area contributed by atoms with E-state index in [1.54, 1.807) is 0 Å². The lowest BCUT2D eigenvalue weighted by molar-refractivity contribution is 0.210. The minimum Gasteiger partial charge on any atom is -0.399 e. The summed E-state index contributed by atoms with van der Waals surface area (Å²) in [5.74, 6) is 0. The molecule has 0 fully saturated rings. The minimum atomic E-state index is 0.415.